The first-order valence-electron chi connectivity index (χ1n) is 5.59. The monoisotopic (exact) mass is 284 g/mol. The summed E-state index contributed by atoms with van der Waals surface area (Å²) in [6.07, 6.45) is 1.52. The van der Waals surface area contributed by atoms with Gasteiger partial charge in [-0.15, -0.1) is 10.2 Å². The Labute approximate surface area is 117 Å². The molecule has 20 heavy (non-hydrogen) atoms. The highest BCUT2D eigenvalue weighted by Gasteiger charge is 2.05. The second-order valence-electron chi connectivity index (χ2n) is 3.89. The van der Waals surface area contributed by atoms with E-state index >= 15 is 0 Å². The number of rotatable bonds is 3. The molecule has 3 aromatic rings. The molecule has 1 aromatic carbocycles. The average Bonchev–Trinajstić information content (AvgIpc) is 3.07. The molecular formula is C11H8N8S. The SMILES string of the molecule is N#CC(=CNc1ccc2[nH]c(=S)[nH]c2c1)c1nn[nH]n1. The molecule has 3 rings (SSSR count). The quantitative estimate of drug-likeness (QED) is 0.429. The highest BCUT2D eigenvalue weighted by Crippen LogP contribution is 2.17. The van der Waals surface area contributed by atoms with E-state index in [0.29, 0.717) is 4.77 Å². The third kappa shape index (κ3) is 2.27. The van der Waals surface area contributed by atoms with E-state index in [1.54, 1.807) is 0 Å². The van der Waals surface area contributed by atoms with Crippen molar-refractivity contribution in [3.05, 3.63) is 35.0 Å². The average molecular weight is 284 g/mol. The van der Waals surface area contributed by atoms with Crippen molar-refractivity contribution >= 4 is 34.5 Å². The highest BCUT2D eigenvalue weighted by molar-refractivity contribution is 7.71. The van der Waals surface area contributed by atoms with Crippen LogP contribution in [0.2, 0.25) is 0 Å². The van der Waals surface area contributed by atoms with Crippen molar-refractivity contribution in [3.63, 3.8) is 0 Å². The lowest BCUT2D eigenvalue weighted by atomic mass is 10.2. The summed E-state index contributed by atoms with van der Waals surface area (Å²) in [6, 6.07) is 7.63. The lowest BCUT2D eigenvalue weighted by Crippen LogP contribution is -1.92. The van der Waals surface area contributed by atoms with Crippen LogP contribution in [-0.4, -0.2) is 30.6 Å². The number of nitrogens with zero attached hydrogens (tertiary/aromatic N) is 4. The molecule has 2 heterocycles. The fourth-order valence-electron chi connectivity index (χ4n) is 1.70. The number of fused-ring (bicyclic) bond motifs is 1. The number of imidazole rings is 1. The molecule has 0 aliphatic rings. The molecule has 0 bridgehead atoms. The Morgan fingerprint density at radius 3 is 2.95 bits per heavy atom. The van der Waals surface area contributed by atoms with Gasteiger partial charge in [-0.3, -0.25) is 0 Å². The molecule has 4 N–H and O–H groups in total. The Balaban J connectivity index is 1.89. The van der Waals surface area contributed by atoms with E-state index in [1.807, 2.05) is 24.3 Å². The van der Waals surface area contributed by atoms with Crippen molar-refractivity contribution in [3.8, 4) is 6.07 Å². The summed E-state index contributed by atoms with van der Waals surface area (Å²) in [5.74, 6) is 0.238. The molecule has 0 saturated carbocycles. The minimum atomic E-state index is 0.238. The van der Waals surface area contributed by atoms with Crippen molar-refractivity contribution < 1.29 is 0 Å². The Morgan fingerprint density at radius 1 is 1.35 bits per heavy atom. The van der Waals surface area contributed by atoms with Crippen molar-refractivity contribution in [2.24, 2.45) is 0 Å². The summed E-state index contributed by atoms with van der Waals surface area (Å²) in [5, 5.41) is 25.3. The molecule has 0 aliphatic heterocycles. The van der Waals surface area contributed by atoms with Gasteiger partial charge in [0, 0.05) is 11.9 Å². The molecule has 0 spiro atoms. The van der Waals surface area contributed by atoms with Crippen LogP contribution in [0.3, 0.4) is 0 Å². The Bertz CT molecular complexity index is 864. The molecule has 0 atom stereocenters. The molecule has 2 aromatic heterocycles. The van der Waals surface area contributed by atoms with E-state index in [-0.39, 0.29) is 11.4 Å². The smallest absolute Gasteiger partial charge is 0.216 e. The van der Waals surface area contributed by atoms with Gasteiger partial charge in [0.15, 0.2) is 4.77 Å². The van der Waals surface area contributed by atoms with Gasteiger partial charge in [-0.1, -0.05) is 0 Å². The summed E-state index contributed by atoms with van der Waals surface area (Å²) >= 11 is 5.02. The maximum absolute atomic E-state index is 9.05. The molecular weight excluding hydrogens is 276 g/mol. The number of benzene rings is 1. The van der Waals surface area contributed by atoms with Crippen LogP contribution in [-0.2, 0) is 0 Å². The molecule has 8 nitrogen and oxygen atoms in total. The summed E-state index contributed by atoms with van der Waals surface area (Å²) in [6.45, 7) is 0. The maximum atomic E-state index is 9.05. The van der Waals surface area contributed by atoms with Gasteiger partial charge < -0.3 is 15.3 Å². The standard InChI is InChI=1S/C11H8N8S/c12-4-6(10-16-18-19-17-10)5-13-7-1-2-8-9(3-7)15-11(20)14-8/h1-3,5,13H,(H2,14,15,20)(H,16,17,18,19). The van der Waals surface area contributed by atoms with Crippen LogP contribution in [0.4, 0.5) is 5.69 Å². The molecule has 0 fully saturated rings. The van der Waals surface area contributed by atoms with Crippen LogP contribution in [0.25, 0.3) is 16.6 Å². The first kappa shape index (κ1) is 12.1. The summed E-state index contributed by atoms with van der Waals surface area (Å²) in [4.78, 5) is 6.04. The maximum Gasteiger partial charge on any atom is 0.216 e. The van der Waals surface area contributed by atoms with E-state index in [4.69, 9.17) is 17.5 Å². The minimum absolute atomic E-state index is 0.238. The zero-order valence-electron chi connectivity index (χ0n) is 10.0. The van der Waals surface area contributed by atoms with Crippen molar-refractivity contribution in [1.82, 2.24) is 30.6 Å². The van der Waals surface area contributed by atoms with Gasteiger partial charge in [0.25, 0.3) is 0 Å². The second-order valence-corrected chi connectivity index (χ2v) is 4.30. The van der Waals surface area contributed by atoms with E-state index in [2.05, 4.69) is 35.9 Å². The number of allylic oxidation sites excluding steroid dienone is 1. The molecule has 9 heteroatoms. The second kappa shape index (κ2) is 4.94. The van der Waals surface area contributed by atoms with Crippen molar-refractivity contribution in [2.45, 2.75) is 0 Å². The molecule has 0 unspecified atom stereocenters. The third-order valence-electron chi connectivity index (χ3n) is 2.61. The summed E-state index contributed by atoms with van der Waals surface area (Å²) in [7, 11) is 0. The normalized spacial score (nSPS) is 11.4. The van der Waals surface area contributed by atoms with Crippen molar-refractivity contribution in [1.29, 1.82) is 5.26 Å². The van der Waals surface area contributed by atoms with E-state index in [0.717, 1.165) is 16.7 Å². The first-order valence-corrected chi connectivity index (χ1v) is 6.00. The number of aromatic amines is 3. The fraction of sp³-hybridized carbons (Fsp3) is 0. The van der Waals surface area contributed by atoms with Crippen LogP contribution in [0.1, 0.15) is 5.82 Å². The van der Waals surface area contributed by atoms with Crippen LogP contribution in [0.5, 0.6) is 0 Å². The van der Waals surface area contributed by atoms with E-state index < -0.39 is 0 Å². The van der Waals surface area contributed by atoms with E-state index in [1.165, 1.54) is 6.20 Å². The van der Waals surface area contributed by atoms with E-state index in [9.17, 15) is 0 Å². The van der Waals surface area contributed by atoms with Crippen LogP contribution in [0.15, 0.2) is 24.4 Å². The molecule has 0 radical (unpaired) electrons. The zero-order chi connectivity index (χ0) is 13.9. The molecule has 98 valence electrons. The number of H-pyrrole nitrogens is 3. The number of nitrogens with one attached hydrogen (secondary N) is 4. The van der Waals surface area contributed by atoms with Gasteiger partial charge in [0.1, 0.15) is 11.6 Å². The van der Waals surface area contributed by atoms with Gasteiger partial charge in [0.2, 0.25) is 5.82 Å². The topological polar surface area (TPSA) is 122 Å². The summed E-state index contributed by atoms with van der Waals surface area (Å²) in [5.41, 5.74) is 2.88. The number of hydrogen-bond donors (Lipinski definition) is 4. The molecule has 0 saturated heterocycles. The Hall–Kier alpha value is -2.99. The van der Waals surface area contributed by atoms with Gasteiger partial charge in [-0.2, -0.15) is 10.5 Å². The fourth-order valence-corrected chi connectivity index (χ4v) is 1.92. The number of anilines is 1. The minimum Gasteiger partial charge on any atom is -0.360 e. The highest BCUT2D eigenvalue weighted by atomic mass is 32.1. The predicted molar refractivity (Wildman–Crippen MR) is 74.9 cm³/mol. The van der Waals surface area contributed by atoms with Gasteiger partial charge in [-0.05, 0) is 35.6 Å². The molecule has 0 aliphatic carbocycles. The van der Waals surface area contributed by atoms with Crippen molar-refractivity contribution in [2.75, 3.05) is 5.32 Å². The largest absolute Gasteiger partial charge is 0.360 e. The third-order valence-corrected chi connectivity index (χ3v) is 2.81. The first-order chi connectivity index (χ1) is 9.76. The number of aromatic nitrogens is 6. The lowest BCUT2D eigenvalue weighted by Gasteiger charge is -2.00. The lowest BCUT2D eigenvalue weighted by molar-refractivity contribution is 0.881. The van der Waals surface area contributed by atoms with Gasteiger partial charge in [-0.25, -0.2) is 0 Å². The van der Waals surface area contributed by atoms with Crippen LogP contribution >= 0.6 is 12.2 Å². The Morgan fingerprint density at radius 2 is 2.20 bits per heavy atom. The van der Waals surface area contributed by atoms with Crippen LogP contribution in [0, 0.1) is 16.1 Å². The predicted octanol–water partition coefficient (Wildman–Crippen LogP) is 1.72. The zero-order valence-corrected chi connectivity index (χ0v) is 10.8. The number of hydrogen-bond acceptors (Lipinski definition) is 6. The Kier molecular flexibility index (Phi) is 2.98. The van der Waals surface area contributed by atoms with Gasteiger partial charge in [0.05, 0.1) is 11.0 Å². The van der Waals surface area contributed by atoms with Gasteiger partial charge >= 0.3 is 0 Å². The number of tetrazole rings is 1. The van der Waals surface area contributed by atoms with Crippen LogP contribution < -0.4 is 5.32 Å². The molecule has 0 amide bonds. The number of nitriles is 1. The summed E-state index contributed by atoms with van der Waals surface area (Å²) < 4.78 is 0.567.